The molecule has 0 unspecified atom stereocenters. The Morgan fingerprint density at radius 2 is 2.12 bits per heavy atom. The van der Waals surface area contributed by atoms with E-state index in [9.17, 15) is 14.3 Å². The van der Waals surface area contributed by atoms with Crippen LogP contribution < -0.4 is 5.32 Å². The van der Waals surface area contributed by atoms with Gasteiger partial charge in [-0.05, 0) is 41.2 Å². The van der Waals surface area contributed by atoms with Gasteiger partial charge in [-0.15, -0.1) is 0 Å². The lowest BCUT2D eigenvalue weighted by Crippen LogP contribution is -2.61. The maximum Gasteiger partial charge on any atom is 0.321 e. The van der Waals surface area contributed by atoms with Gasteiger partial charge in [0.05, 0.1) is 24.0 Å². The fraction of sp³-hybridized carbons (Fsp3) is 0.619. The summed E-state index contributed by atoms with van der Waals surface area (Å²) >= 11 is 0. The van der Waals surface area contributed by atoms with Gasteiger partial charge in [-0.3, -0.25) is 10.00 Å². The largest absolute Gasteiger partial charge is 0.396 e. The molecule has 1 saturated heterocycles. The van der Waals surface area contributed by atoms with E-state index in [1.807, 2.05) is 37.6 Å². The number of nitrogens with zero attached hydrogens (tertiary/aromatic N) is 6. The number of H-pyrrole nitrogens is 1. The summed E-state index contributed by atoms with van der Waals surface area (Å²) in [5.41, 5.74) is 1.01. The molecule has 174 valence electrons. The SMILES string of the molecule is Cc1ncc(F)c(Nc2n[nH]c3c2CN(C(=O)N2C[C@@H](CCO)N(C)C[C@@H]2C)C3(C)C)n1. The number of hydrogen-bond acceptors (Lipinski definition) is 7. The lowest BCUT2D eigenvalue weighted by atomic mass is 10.0. The minimum Gasteiger partial charge on any atom is -0.396 e. The van der Waals surface area contributed by atoms with E-state index in [4.69, 9.17) is 0 Å². The lowest BCUT2D eigenvalue weighted by molar-refractivity contribution is 0.0337. The maximum absolute atomic E-state index is 14.2. The molecule has 2 amide bonds. The van der Waals surface area contributed by atoms with Crippen molar-refractivity contribution in [1.82, 2.24) is 34.9 Å². The van der Waals surface area contributed by atoms with Crippen LogP contribution in [0.3, 0.4) is 0 Å². The first-order valence-electron chi connectivity index (χ1n) is 10.9. The molecule has 0 saturated carbocycles. The Hall–Kier alpha value is -2.79. The molecule has 0 spiro atoms. The molecule has 2 aliphatic heterocycles. The molecule has 2 aromatic rings. The summed E-state index contributed by atoms with van der Waals surface area (Å²) in [6.07, 6.45) is 1.74. The first-order chi connectivity index (χ1) is 15.1. The van der Waals surface area contributed by atoms with Crippen LogP contribution in [0.25, 0.3) is 0 Å². The van der Waals surface area contributed by atoms with Crippen molar-refractivity contribution in [1.29, 1.82) is 0 Å². The Labute approximate surface area is 186 Å². The Morgan fingerprint density at radius 1 is 1.38 bits per heavy atom. The van der Waals surface area contributed by atoms with Gasteiger partial charge in [-0.25, -0.2) is 19.2 Å². The fourth-order valence-corrected chi connectivity index (χ4v) is 4.67. The highest BCUT2D eigenvalue weighted by atomic mass is 19.1. The highest BCUT2D eigenvalue weighted by Crippen LogP contribution is 2.42. The van der Waals surface area contributed by atoms with Gasteiger partial charge < -0.3 is 20.2 Å². The van der Waals surface area contributed by atoms with E-state index in [1.165, 1.54) is 0 Å². The summed E-state index contributed by atoms with van der Waals surface area (Å²) in [4.78, 5) is 27.5. The summed E-state index contributed by atoms with van der Waals surface area (Å²) in [6.45, 7) is 9.41. The maximum atomic E-state index is 14.2. The number of anilines is 2. The van der Waals surface area contributed by atoms with E-state index in [1.54, 1.807) is 6.92 Å². The van der Waals surface area contributed by atoms with Gasteiger partial charge in [0.25, 0.3) is 0 Å². The number of urea groups is 1. The van der Waals surface area contributed by atoms with Crippen molar-refractivity contribution in [2.45, 2.75) is 58.3 Å². The van der Waals surface area contributed by atoms with Crippen molar-refractivity contribution in [3.05, 3.63) is 29.1 Å². The number of aliphatic hydroxyl groups is 1. The summed E-state index contributed by atoms with van der Waals surface area (Å²) in [7, 11) is 2.03. The van der Waals surface area contributed by atoms with Crippen LogP contribution in [-0.4, -0.2) is 84.8 Å². The van der Waals surface area contributed by atoms with E-state index in [-0.39, 0.29) is 30.5 Å². The third-order valence-electron chi connectivity index (χ3n) is 6.63. The van der Waals surface area contributed by atoms with Crippen LogP contribution in [0.15, 0.2) is 6.20 Å². The molecule has 0 bridgehead atoms. The van der Waals surface area contributed by atoms with Gasteiger partial charge in [-0.1, -0.05) is 0 Å². The Bertz CT molecular complexity index is 1010. The molecule has 32 heavy (non-hydrogen) atoms. The topological polar surface area (TPSA) is 114 Å². The molecule has 3 N–H and O–H groups in total. The predicted molar refractivity (Wildman–Crippen MR) is 117 cm³/mol. The second kappa shape index (κ2) is 8.28. The number of piperazine rings is 1. The normalized spacial score (nSPS) is 22.8. The Morgan fingerprint density at radius 3 is 2.84 bits per heavy atom. The van der Waals surface area contributed by atoms with Crippen molar-refractivity contribution >= 4 is 17.7 Å². The number of carbonyl (C=O) groups is 1. The quantitative estimate of drug-likeness (QED) is 0.658. The third kappa shape index (κ3) is 3.79. The molecule has 0 aliphatic carbocycles. The molecule has 2 atom stereocenters. The number of aliphatic hydroxyl groups excluding tert-OH is 1. The number of nitrogens with one attached hydrogen (secondary N) is 2. The van der Waals surface area contributed by atoms with E-state index in [0.717, 1.165) is 24.0 Å². The average Bonchev–Trinajstić information content (AvgIpc) is 3.24. The zero-order valence-corrected chi connectivity index (χ0v) is 19.2. The smallest absolute Gasteiger partial charge is 0.321 e. The molecule has 0 radical (unpaired) electrons. The van der Waals surface area contributed by atoms with Gasteiger partial charge in [0.1, 0.15) is 5.82 Å². The number of halogens is 1. The van der Waals surface area contributed by atoms with Crippen molar-refractivity contribution in [2.24, 2.45) is 0 Å². The molecule has 2 aromatic heterocycles. The van der Waals surface area contributed by atoms with Crippen LogP contribution in [0, 0.1) is 12.7 Å². The molecule has 0 aromatic carbocycles. The summed E-state index contributed by atoms with van der Waals surface area (Å²) in [5.74, 6) is 0.373. The predicted octanol–water partition coefficient (Wildman–Crippen LogP) is 1.95. The number of aromatic amines is 1. The highest BCUT2D eigenvalue weighted by molar-refractivity contribution is 5.78. The molecule has 10 nitrogen and oxygen atoms in total. The number of carbonyl (C=O) groups excluding carboxylic acids is 1. The van der Waals surface area contributed by atoms with Crippen LogP contribution in [-0.2, 0) is 12.1 Å². The zero-order chi connectivity index (χ0) is 23.2. The van der Waals surface area contributed by atoms with Crippen LogP contribution >= 0.6 is 0 Å². The van der Waals surface area contributed by atoms with Gasteiger partial charge >= 0.3 is 6.03 Å². The fourth-order valence-electron chi connectivity index (χ4n) is 4.67. The van der Waals surface area contributed by atoms with Crippen LogP contribution in [0.1, 0.15) is 44.3 Å². The number of rotatable bonds is 4. The lowest BCUT2D eigenvalue weighted by Gasteiger charge is -2.46. The minimum atomic E-state index is -0.616. The van der Waals surface area contributed by atoms with Gasteiger partial charge in [-0.2, -0.15) is 5.10 Å². The minimum absolute atomic E-state index is 0.0472. The van der Waals surface area contributed by atoms with E-state index >= 15 is 0 Å². The van der Waals surface area contributed by atoms with Crippen molar-refractivity contribution < 1.29 is 14.3 Å². The van der Waals surface area contributed by atoms with Crippen LogP contribution in [0.4, 0.5) is 20.8 Å². The Kier molecular flexibility index (Phi) is 5.80. The molecule has 4 heterocycles. The van der Waals surface area contributed by atoms with Gasteiger partial charge in [0.2, 0.25) is 0 Å². The first-order valence-corrected chi connectivity index (χ1v) is 10.9. The average molecular weight is 447 g/mol. The number of fused-ring (bicyclic) bond motifs is 1. The number of likely N-dealkylation sites (N-methyl/N-ethyl adjacent to an activating group) is 1. The molecule has 11 heteroatoms. The summed E-state index contributed by atoms with van der Waals surface area (Å²) < 4.78 is 14.2. The molecular weight excluding hydrogens is 415 g/mol. The number of hydrogen-bond donors (Lipinski definition) is 3. The zero-order valence-electron chi connectivity index (χ0n) is 19.2. The van der Waals surface area contributed by atoms with Crippen LogP contribution in [0.2, 0.25) is 0 Å². The van der Waals surface area contributed by atoms with E-state index < -0.39 is 11.4 Å². The van der Waals surface area contributed by atoms with Crippen molar-refractivity contribution in [3.8, 4) is 0 Å². The second-order valence-electron chi connectivity index (χ2n) is 9.20. The molecule has 4 rings (SSSR count). The van der Waals surface area contributed by atoms with Gasteiger partial charge in [0.15, 0.2) is 17.5 Å². The van der Waals surface area contributed by atoms with Crippen molar-refractivity contribution in [3.63, 3.8) is 0 Å². The summed E-state index contributed by atoms with van der Waals surface area (Å²) in [6, 6.07) is 0.107. The number of amides is 2. The molecule has 2 aliphatic rings. The molecule has 1 fully saturated rings. The summed E-state index contributed by atoms with van der Waals surface area (Å²) in [5, 5.41) is 19.7. The van der Waals surface area contributed by atoms with E-state index in [0.29, 0.717) is 31.2 Å². The highest BCUT2D eigenvalue weighted by Gasteiger charge is 2.46. The molecular formula is C21H31FN8O2. The Balaban J connectivity index is 1.57. The monoisotopic (exact) mass is 446 g/mol. The third-order valence-corrected chi connectivity index (χ3v) is 6.63. The standard InChI is InChI=1S/C21H31FN8O2/c1-12-9-28(5)14(6-7-31)10-29(12)20(32)30-11-15-17(21(30,3)4)26-27-18(15)25-19-16(22)8-23-13(2)24-19/h8,12,14,31H,6-7,9-11H2,1-5H3,(H2,23,24,25,26,27)/t12-,14+/m0/s1. The second-order valence-corrected chi connectivity index (χ2v) is 9.20. The first kappa shape index (κ1) is 22.4. The van der Waals surface area contributed by atoms with Crippen LogP contribution in [0.5, 0.6) is 0 Å². The number of aryl methyl sites for hydroxylation is 1. The van der Waals surface area contributed by atoms with E-state index in [2.05, 4.69) is 30.4 Å². The van der Waals surface area contributed by atoms with Gasteiger partial charge in [0, 0.05) is 37.3 Å². The van der Waals surface area contributed by atoms with Crippen molar-refractivity contribution in [2.75, 3.05) is 32.1 Å². The number of aromatic nitrogens is 4.